The fourth-order valence-electron chi connectivity index (χ4n) is 2.39. The summed E-state index contributed by atoms with van der Waals surface area (Å²) < 4.78 is 7.24. The van der Waals surface area contributed by atoms with Crippen molar-refractivity contribution in [1.82, 2.24) is 2.71 Å². The van der Waals surface area contributed by atoms with Crippen molar-refractivity contribution in [2.45, 2.75) is 24.9 Å². The van der Waals surface area contributed by atoms with Crippen LogP contribution in [0.4, 0.5) is 0 Å². The zero-order chi connectivity index (χ0) is 11.0. The van der Waals surface area contributed by atoms with Gasteiger partial charge in [0.05, 0.1) is 0 Å². The third kappa shape index (κ3) is 2.04. The van der Waals surface area contributed by atoms with Crippen molar-refractivity contribution in [1.29, 1.82) is 0 Å². The molecular weight excluding hydrogens is 383 g/mol. The fourth-order valence-corrected chi connectivity index (χ4v) is 4.74. The summed E-state index contributed by atoms with van der Waals surface area (Å²) in [6, 6.07) is 1.20. The molecule has 0 bridgehead atoms. The number of nitrogens with zero attached hydrogens (tertiary/aromatic N) is 1. The number of esters is 1. The molecule has 0 amide bonds. The summed E-state index contributed by atoms with van der Waals surface area (Å²) in [7, 11) is 1.45. The molecule has 0 N–H and O–H groups in total. The molecule has 2 aliphatic rings. The quantitative estimate of drug-likeness (QED) is 0.306. The normalized spacial score (nSPS) is 37.5. The second-order valence-corrected chi connectivity index (χ2v) is 6.42. The van der Waals surface area contributed by atoms with Gasteiger partial charge in [-0.3, -0.25) is 0 Å². The van der Waals surface area contributed by atoms with Gasteiger partial charge in [0.2, 0.25) is 0 Å². The van der Waals surface area contributed by atoms with Crippen molar-refractivity contribution >= 4 is 32.0 Å². The number of methoxy groups -OCH3 is 1. The SMILES string of the molecule is C=CC[C@H]1CC(C(=O)OC)=C[C@H]2[C@@H]1[N]2[Tl]. The summed E-state index contributed by atoms with van der Waals surface area (Å²) in [5.41, 5.74) is 0.855. The molecule has 0 saturated carbocycles. The van der Waals surface area contributed by atoms with Gasteiger partial charge in [-0.05, 0) is 0 Å². The number of allylic oxidation sites excluding steroid dienone is 1. The molecule has 1 unspecified atom stereocenters. The number of hydrogen-bond donors (Lipinski definition) is 0. The first-order chi connectivity index (χ1) is 7.19. The molecule has 3 nitrogen and oxygen atoms in total. The Hall–Kier alpha value is -0.168. The monoisotopic (exact) mass is 397 g/mol. The molecule has 0 radical (unpaired) electrons. The average Bonchev–Trinajstić information content (AvgIpc) is 2.89. The first-order valence-electron chi connectivity index (χ1n) is 5.12. The predicted molar refractivity (Wildman–Crippen MR) is 58.2 cm³/mol. The minimum atomic E-state index is -0.159. The van der Waals surface area contributed by atoms with E-state index in [1.54, 1.807) is 0 Å². The van der Waals surface area contributed by atoms with Crippen molar-refractivity contribution in [2.75, 3.05) is 7.11 Å². The molecule has 0 aromatic heterocycles. The van der Waals surface area contributed by atoms with Gasteiger partial charge in [-0.15, -0.1) is 0 Å². The first-order valence-corrected chi connectivity index (χ1v) is 7.12. The van der Waals surface area contributed by atoms with E-state index in [1.165, 1.54) is 7.11 Å². The van der Waals surface area contributed by atoms with E-state index in [0.29, 0.717) is 18.0 Å². The van der Waals surface area contributed by atoms with Gasteiger partial charge in [0.15, 0.2) is 0 Å². The Kier molecular flexibility index (Phi) is 3.30. The molecule has 0 aromatic rings. The van der Waals surface area contributed by atoms with E-state index in [4.69, 9.17) is 4.74 Å². The number of hydrogen-bond acceptors (Lipinski definition) is 3. The summed E-state index contributed by atoms with van der Waals surface area (Å²) >= 11 is 0.866. The second kappa shape index (κ2) is 4.37. The molecule has 2 rings (SSSR count). The number of carbonyl (C=O) groups is 1. The molecule has 0 spiro atoms. The van der Waals surface area contributed by atoms with Gasteiger partial charge in [-0.1, -0.05) is 0 Å². The zero-order valence-corrected chi connectivity index (χ0v) is 13.3. The molecular formula is C11H14NO2Tl. The Morgan fingerprint density at radius 3 is 3.20 bits per heavy atom. The molecule has 1 heterocycles. The van der Waals surface area contributed by atoms with Gasteiger partial charge >= 0.3 is 107 Å². The van der Waals surface area contributed by atoms with Crippen molar-refractivity contribution < 1.29 is 9.53 Å². The van der Waals surface area contributed by atoms with Crippen LogP contribution in [0.2, 0.25) is 0 Å². The summed E-state index contributed by atoms with van der Waals surface area (Å²) in [4.78, 5) is 11.5. The van der Waals surface area contributed by atoms with E-state index in [-0.39, 0.29) is 5.97 Å². The number of carbonyl (C=O) groups excluding carboxylic acids is 1. The van der Waals surface area contributed by atoms with Crippen LogP contribution in [0.3, 0.4) is 0 Å². The van der Waals surface area contributed by atoms with E-state index in [9.17, 15) is 4.79 Å². The molecule has 1 fully saturated rings. The Labute approximate surface area is 106 Å². The Bertz CT molecular complexity index is 327. The molecule has 1 aliphatic heterocycles. The zero-order valence-electron chi connectivity index (χ0n) is 8.85. The van der Waals surface area contributed by atoms with Crippen molar-refractivity contribution in [3.8, 4) is 0 Å². The predicted octanol–water partition coefficient (Wildman–Crippen LogP) is 0.818. The first kappa shape index (κ1) is 11.3. The van der Waals surface area contributed by atoms with Gasteiger partial charge in [0, 0.05) is 0 Å². The van der Waals surface area contributed by atoms with Crippen LogP contribution in [-0.4, -0.2) is 53.9 Å². The summed E-state index contributed by atoms with van der Waals surface area (Å²) in [5, 5.41) is 0. The minimum absolute atomic E-state index is 0.159. The number of rotatable bonds is 3. The van der Waals surface area contributed by atoms with E-state index < -0.39 is 0 Å². The van der Waals surface area contributed by atoms with E-state index >= 15 is 0 Å². The average molecular weight is 397 g/mol. The molecule has 1 aliphatic carbocycles. The van der Waals surface area contributed by atoms with Gasteiger partial charge in [-0.2, -0.15) is 0 Å². The van der Waals surface area contributed by atoms with Crippen LogP contribution in [0.15, 0.2) is 24.3 Å². The number of ether oxygens (including phenoxy) is 1. The Balaban J connectivity index is 2.13. The number of fused-ring (bicyclic) bond motifs is 1. The van der Waals surface area contributed by atoms with E-state index in [1.807, 2.05) is 6.08 Å². The van der Waals surface area contributed by atoms with Crippen LogP contribution in [0.25, 0.3) is 0 Å². The molecule has 0 aromatic carbocycles. The Morgan fingerprint density at radius 1 is 1.87 bits per heavy atom. The van der Waals surface area contributed by atoms with Gasteiger partial charge in [0.25, 0.3) is 0 Å². The standard InChI is InChI=1S/C11H14NO2.Tl/c1-3-4-7-5-8(11(13)14-2)6-9-10(7)12-9;/h3,6-7,9-10H,1,4-5H2,2H3;/q-1;+1/t7-,9-,10+;/m0./s1. The van der Waals surface area contributed by atoms with Crippen LogP contribution >= 0.6 is 0 Å². The third-order valence-corrected chi connectivity index (χ3v) is 5.88. The van der Waals surface area contributed by atoms with Gasteiger partial charge in [0.1, 0.15) is 0 Å². The fraction of sp³-hybridized carbons (Fsp3) is 0.545. The van der Waals surface area contributed by atoms with Crippen molar-refractivity contribution in [3.63, 3.8) is 0 Å². The molecule has 4 heteroatoms. The van der Waals surface area contributed by atoms with Crippen LogP contribution in [-0.2, 0) is 9.53 Å². The van der Waals surface area contributed by atoms with E-state index in [0.717, 1.165) is 44.5 Å². The maximum absolute atomic E-state index is 11.5. The third-order valence-electron chi connectivity index (χ3n) is 3.20. The van der Waals surface area contributed by atoms with Gasteiger partial charge < -0.3 is 0 Å². The Morgan fingerprint density at radius 2 is 2.60 bits per heavy atom. The van der Waals surface area contributed by atoms with E-state index in [2.05, 4.69) is 15.4 Å². The van der Waals surface area contributed by atoms with Crippen LogP contribution < -0.4 is 0 Å². The van der Waals surface area contributed by atoms with Crippen molar-refractivity contribution in [2.24, 2.45) is 5.92 Å². The summed E-state index contributed by atoms with van der Waals surface area (Å²) in [6.07, 6.45) is 5.90. The summed E-state index contributed by atoms with van der Waals surface area (Å²) in [5.74, 6) is 0.407. The second-order valence-electron chi connectivity index (χ2n) is 4.10. The van der Waals surface area contributed by atoms with Crippen LogP contribution in [0.1, 0.15) is 12.8 Å². The van der Waals surface area contributed by atoms with Crippen LogP contribution in [0.5, 0.6) is 0 Å². The topological polar surface area (TPSA) is 29.3 Å². The summed E-state index contributed by atoms with van der Waals surface area (Å²) in [6.45, 7) is 3.78. The molecule has 78 valence electrons. The molecule has 4 atom stereocenters. The van der Waals surface area contributed by atoms with Crippen LogP contribution in [0, 0.1) is 5.92 Å². The maximum atomic E-state index is 11.5. The molecule has 1 saturated heterocycles. The van der Waals surface area contributed by atoms with Gasteiger partial charge in [-0.25, -0.2) is 0 Å². The van der Waals surface area contributed by atoms with Crippen molar-refractivity contribution in [3.05, 3.63) is 24.3 Å². The molecule has 15 heavy (non-hydrogen) atoms.